The van der Waals surface area contributed by atoms with Crippen LogP contribution in [0.3, 0.4) is 0 Å². The molecule has 2 aliphatic rings. The zero-order valence-corrected chi connectivity index (χ0v) is 27.7. The van der Waals surface area contributed by atoms with Crippen molar-refractivity contribution in [3.8, 4) is 11.1 Å². The molecule has 0 spiro atoms. The Morgan fingerprint density at radius 2 is 1.58 bits per heavy atom. The molecule has 0 aromatic heterocycles. The van der Waals surface area contributed by atoms with Gasteiger partial charge in [-0.25, -0.2) is 5.48 Å². The van der Waals surface area contributed by atoms with Crippen LogP contribution < -0.4 is 10.8 Å². The summed E-state index contributed by atoms with van der Waals surface area (Å²) in [4.78, 5) is 25.9. The van der Waals surface area contributed by atoms with Gasteiger partial charge in [0.05, 0.1) is 18.8 Å². The fraction of sp³-hybridized carbons (Fsp3) is 0.436. The first kappa shape index (κ1) is 35.4. The van der Waals surface area contributed by atoms with Crippen LogP contribution in [-0.4, -0.2) is 52.3 Å². The number of rotatable bonds is 16. The number of hydroxylamine groups is 1. The number of ether oxygens (including phenoxy) is 2. The Hall–Kier alpha value is -3.86. The van der Waals surface area contributed by atoms with Crippen LogP contribution in [0.15, 0.2) is 85.5 Å². The fourth-order valence-electron chi connectivity index (χ4n) is 6.71. The van der Waals surface area contributed by atoms with Gasteiger partial charge in [-0.2, -0.15) is 0 Å². The van der Waals surface area contributed by atoms with Crippen molar-refractivity contribution in [2.45, 2.75) is 95.5 Å². The molecule has 0 unspecified atom stereocenters. The highest BCUT2D eigenvalue weighted by Crippen LogP contribution is 2.39. The van der Waals surface area contributed by atoms with Crippen molar-refractivity contribution in [3.63, 3.8) is 0 Å². The smallest absolute Gasteiger partial charge is 0.243 e. The van der Waals surface area contributed by atoms with Gasteiger partial charge in [0.1, 0.15) is 0 Å². The van der Waals surface area contributed by atoms with Gasteiger partial charge >= 0.3 is 0 Å². The number of carbonyl (C=O) groups is 2. The van der Waals surface area contributed by atoms with Gasteiger partial charge in [0, 0.05) is 50.5 Å². The summed E-state index contributed by atoms with van der Waals surface area (Å²) in [5.41, 5.74) is 7.61. The van der Waals surface area contributed by atoms with Crippen LogP contribution in [-0.2, 0) is 32.2 Å². The molecule has 1 aliphatic heterocycles. The molecule has 2 amide bonds. The van der Waals surface area contributed by atoms with E-state index in [-0.39, 0.29) is 31.1 Å². The van der Waals surface area contributed by atoms with Gasteiger partial charge in [0.15, 0.2) is 6.29 Å². The first-order valence-electron chi connectivity index (χ1n) is 17.2. The van der Waals surface area contributed by atoms with Crippen molar-refractivity contribution in [2.24, 2.45) is 0 Å². The van der Waals surface area contributed by atoms with E-state index in [0.29, 0.717) is 31.8 Å². The van der Waals surface area contributed by atoms with Crippen LogP contribution in [0.25, 0.3) is 11.1 Å². The lowest BCUT2D eigenvalue weighted by Crippen LogP contribution is -2.43. The third-order valence-electron chi connectivity index (χ3n) is 9.37. The minimum absolute atomic E-state index is 0.0109. The van der Waals surface area contributed by atoms with E-state index < -0.39 is 12.2 Å². The van der Waals surface area contributed by atoms with Crippen LogP contribution in [0.4, 0.5) is 0 Å². The van der Waals surface area contributed by atoms with E-state index in [9.17, 15) is 14.7 Å². The second kappa shape index (κ2) is 18.1. The molecule has 1 aliphatic carbocycles. The summed E-state index contributed by atoms with van der Waals surface area (Å²) < 4.78 is 13.3. The summed E-state index contributed by atoms with van der Waals surface area (Å²) in [7, 11) is 0. The zero-order chi connectivity index (χ0) is 33.7. The highest BCUT2D eigenvalue weighted by atomic mass is 16.7. The highest BCUT2D eigenvalue weighted by Gasteiger charge is 2.34. The van der Waals surface area contributed by atoms with Crippen molar-refractivity contribution in [3.05, 3.63) is 108 Å². The summed E-state index contributed by atoms with van der Waals surface area (Å²) in [6.07, 6.45) is 8.68. The van der Waals surface area contributed by atoms with Crippen LogP contribution in [0, 0.1) is 0 Å². The lowest BCUT2D eigenvalue weighted by atomic mass is 9.98. The second-order valence-corrected chi connectivity index (χ2v) is 12.9. The topological polar surface area (TPSA) is 120 Å². The van der Waals surface area contributed by atoms with E-state index in [1.165, 1.54) is 25.7 Å². The van der Waals surface area contributed by atoms with Crippen LogP contribution in [0.5, 0.6) is 0 Å². The van der Waals surface area contributed by atoms with Gasteiger partial charge in [-0.15, -0.1) is 6.58 Å². The Morgan fingerprint density at radius 1 is 0.875 bits per heavy atom. The van der Waals surface area contributed by atoms with E-state index in [4.69, 9.17) is 14.7 Å². The van der Waals surface area contributed by atoms with E-state index in [1.807, 2.05) is 42.5 Å². The number of unbranched alkanes of at least 4 members (excludes halogenated alkanes) is 1. The SMILES string of the molecule is C=CCN(C[C@@H]1C[C@H](c2ccc(CO)cc2)O[C@H](c2ccc(-c3cccc(CNC(=O)CCCCC(=O)NO)c3)cc2)O1)C1CCCC1. The first-order chi connectivity index (χ1) is 23.4. The molecule has 0 radical (unpaired) electrons. The molecule has 0 bridgehead atoms. The molecular weight excluding hydrogens is 606 g/mol. The summed E-state index contributed by atoms with van der Waals surface area (Å²) in [6, 6.07) is 25.0. The number of nitrogens with zero attached hydrogens (tertiary/aromatic N) is 1. The monoisotopic (exact) mass is 655 g/mol. The fourth-order valence-corrected chi connectivity index (χ4v) is 6.71. The molecule has 3 atom stereocenters. The van der Waals surface area contributed by atoms with Gasteiger partial charge < -0.3 is 19.9 Å². The van der Waals surface area contributed by atoms with E-state index in [1.54, 1.807) is 5.48 Å². The zero-order valence-electron chi connectivity index (χ0n) is 27.7. The van der Waals surface area contributed by atoms with Gasteiger partial charge in [0.25, 0.3) is 0 Å². The third kappa shape index (κ3) is 10.1. The maximum absolute atomic E-state index is 12.3. The molecule has 48 heavy (non-hydrogen) atoms. The number of carbonyl (C=O) groups excluding carboxylic acids is 2. The van der Waals surface area contributed by atoms with Crippen LogP contribution in [0.2, 0.25) is 0 Å². The molecule has 2 fully saturated rings. The van der Waals surface area contributed by atoms with Gasteiger partial charge in [0.2, 0.25) is 11.8 Å². The molecular formula is C39H49N3O6. The number of amides is 2. The maximum atomic E-state index is 12.3. The van der Waals surface area contributed by atoms with Crippen molar-refractivity contribution >= 4 is 11.8 Å². The average Bonchev–Trinajstić information content (AvgIpc) is 3.68. The molecule has 3 aromatic carbocycles. The number of aliphatic hydroxyl groups is 1. The minimum Gasteiger partial charge on any atom is -0.392 e. The molecule has 9 heteroatoms. The minimum atomic E-state index is -0.519. The Labute approximate surface area is 283 Å². The van der Waals surface area contributed by atoms with E-state index in [0.717, 1.165) is 52.9 Å². The van der Waals surface area contributed by atoms with Crippen molar-refractivity contribution in [1.29, 1.82) is 0 Å². The Bertz CT molecular complexity index is 1470. The third-order valence-corrected chi connectivity index (χ3v) is 9.37. The van der Waals surface area contributed by atoms with Gasteiger partial charge in [-0.1, -0.05) is 85.6 Å². The molecule has 256 valence electrons. The summed E-state index contributed by atoms with van der Waals surface area (Å²) in [6.45, 7) is 6.11. The lowest BCUT2D eigenvalue weighted by Gasteiger charge is -2.39. The van der Waals surface area contributed by atoms with E-state index >= 15 is 0 Å². The Balaban J connectivity index is 1.24. The highest BCUT2D eigenvalue weighted by molar-refractivity contribution is 5.76. The molecule has 3 aromatic rings. The number of hydrogen-bond acceptors (Lipinski definition) is 7. The molecule has 5 rings (SSSR count). The van der Waals surface area contributed by atoms with E-state index in [2.05, 4.69) is 53.2 Å². The second-order valence-electron chi connectivity index (χ2n) is 12.9. The predicted molar refractivity (Wildman–Crippen MR) is 185 cm³/mol. The first-order valence-corrected chi connectivity index (χ1v) is 17.2. The molecule has 4 N–H and O–H groups in total. The number of nitrogens with one attached hydrogen (secondary N) is 2. The molecule has 1 saturated heterocycles. The largest absolute Gasteiger partial charge is 0.392 e. The Kier molecular flexibility index (Phi) is 13.3. The standard InChI is InChI=1S/C39H49N3O6/c1-2-22-42(34-10-3-4-11-34)26-35-24-36(31-16-14-28(27-43)15-17-31)48-39(47-35)32-20-18-30(19-21-32)33-9-7-8-29(23-33)25-40-37(44)12-5-6-13-38(45)41-46/h2,7-9,14-21,23,34-36,39,43,46H,1,3-6,10-13,22,24-27H2,(H,40,44)(H,41,45)/t35-,36+,39+/m0/s1. The van der Waals surface area contributed by atoms with Gasteiger partial charge in [-0.05, 0) is 59.6 Å². The number of hydrogen-bond donors (Lipinski definition) is 4. The maximum Gasteiger partial charge on any atom is 0.243 e. The van der Waals surface area contributed by atoms with Gasteiger partial charge in [-0.3, -0.25) is 19.7 Å². The van der Waals surface area contributed by atoms with Crippen molar-refractivity contribution in [2.75, 3.05) is 13.1 Å². The molecule has 9 nitrogen and oxygen atoms in total. The summed E-state index contributed by atoms with van der Waals surface area (Å²) >= 11 is 0. The summed E-state index contributed by atoms with van der Waals surface area (Å²) in [5, 5.41) is 21.1. The molecule has 1 heterocycles. The quantitative estimate of drug-likeness (QED) is 0.0602. The number of benzene rings is 3. The average molecular weight is 656 g/mol. The number of aliphatic hydroxyl groups excluding tert-OH is 1. The van der Waals surface area contributed by atoms with Crippen LogP contribution in [0.1, 0.15) is 92.4 Å². The van der Waals surface area contributed by atoms with Crippen molar-refractivity contribution in [1.82, 2.24) is 15.7 Å². The Morgan fingerprint density at radius 3 is 2.27 bits per heavy atom. The van der Waals surface area contributed by atoms with Crippen molar-refractivity contribution < 1.29 is 29.4 Å². The predicted octanol–water partition coefficient (Wildman–Crippen LogP) is 6.50. The molecule has 1 saturated carbocycles. The lowest BCUT2D eigenvalue weighted by molar-refractivity contribution is -0.253. The normalized spacial score (nSPS) is 19.7. The summed E-state index contributed by atoms with van der Waals surface area (Å²) in [5.74, 6) is -0.513. The van der Waals surface area contributed by atoms with Crippen LogP contribution >= 0.6 is 0 Å².